The number of aromatic nitrogens is 4. The lowest BCUT2D eigenvalue weighted by Gasteiger charge is -2.10. The number of carbonyl (C=O) groups excluding carboxylic acids is 1. The van der Waals surface area contributed by atoms with Crippen LogP contribution < -0.4 is 5.32 Å². The molecule has 1 heterocycles. The first-order chi connectivity index (χ1) is 10.1. The Kier molecular flexibility index (Phi) is 4.94. The van der Waals surface area contributed by atoms with Crippen molar-refractivity contribution in [3.05, 3.63) is 36.9 Å². The van der Waals surface area contributed by atoms with E-state index in [2.05, 4.69) is 27.4 Å². The topological polar surface area (TPSA) is 92.9 Å². The highest BCUT2D eigenvalue weighted by molar-refractivity contribution is 8.00. The molecular formula is C13H15N5O2S. The second kappa shape index (κ2) is 6.89. The molecule has 1 amide bonds. The molecule has 2 N–H and O–H groups in total. The summed E-state index contributed by atoms with van der Waals surface area (Å²) in [6, 6.07) is 6.48. The predicted molar refractivity (Wildman–Crippen MR) is 79.3 cm³/mol. The van der Waals surface area contributed by atoms with Gasteiger partial charge in [0.15, 0.2) is 0 Å². The first-order valence-electron chi connectivity index (χ1n) is 6.25. The number of carbonyl (C=O) groups is 1. The van der Waals surface area contributed by atoms with Crippen molar-refractivity contribution in [2.24, 2.45) is 0 Å². The van der Waals surface area contributed by atoms with Crippen LogP contribution in [0.2, 0.25) is 0 Å². The number of rotatable bonds is 6. The Bertz CT molecular complexity index is 626. The van der Waals surface area contributed by atoms with Crippen LogP contribution in [0.1, 0.15) is 6.92 Å². The molecule has 0 saturated carbocycles. The molecular weight excluding hydrogens is 290 g/mol. The zero-order chi connectivity index (χ0) is 15.2. The van der Waals surface area contributed by atoms with E-state index in [0.717, 1.165) is 0 Å². The molecule has 0 fully saturated rings. The van der Waals surface area contributed by atoms with Gasteiger partial charge in [-0.05, 0) is 41.6 Å². The van der Waals surface area contributed by atoms with Crippen LogP contribution in [-0.2, 0) is 4.79 Å². The standard InChI is InChI=1S/C13H15N5O2S/c1-3-8-14-12(20)9(2)21-13-15-16-17-18(13)10-4-6-11(19)7-5-10/h3-7,9,19H,1,8H2,2H3,(H,14,20). The van der Waals surface area contributed by atoms with Crippen LogP contribution in [0.5, 0.6) is 5.75 Å². The molecule has 0 aliphatic heterocycles. The van der Waals surface area contributed by atoms with Gasteiger partial charge < -0.3 is 10.4 Å². The number of phenols is 1. The van der Waals surface area contributed by atoms with Crippen molar-refractivity contribution in [2.45, 2.75) is 17.3 Å². The molecule has 21 heavy (non-hydrogen) atoms. The summed E-state index contributed by atoms with van der Waals surface area (Å²) in [5.41, 5.74) is 0.707. The van der Waals surface area contributed by atoms with Crippen molar-refractivity contribution >= 4 is 17.7 Å². The molecule has 8 heteroatoms. The molecule has 0 aliphatic carbocycles. The first-order valence-corrected chi connectivity index (χ1v) is 7.13. The number of hydrogen-bond donors (Lipinski definition) is 2. The van der Waals surface area contributed by atoms with Gasteiger partial charge in [-0.2, -0.15) is 4.68 Å². The summed E-state index contributed by atoms with van der Waals surface area (Å²) in [6.45, 7) is 5.75. The maximum absolute atomic E-state index is 11.8. The lowest BCUT2D eigenvalue weighted by molar-refractivity contribution is -0.120. The largest absolute Gasteiger partial charge is 0.508 e. The van der Waals surface area contributed by atoms with E-state index >= 15 is 0 Å². The second-order valence-electron chi connectivity index (χ2n) is 4.18. The van der Waals surface area contributed by atoms with E-state index in [1.165, 1.54) is 16.4 Å². The maximum atomic E-state index is 11.8. The quantitative estimate of drug-likeness (QED) is 0.614. The Morgan fingerprint density at radius 3 is 2.90 bits per heavy atom. The van der Waals surface area contributed by atoms with Crippen molar-refractivity contribution in [1.82, 2.24) is 25.5 Å². The van der Waals surface area contributed by atoms with Gasteiger partial charge >= 0.3 is 0 Å². The van der Waals surface area contributed by atoms with Crippen LogP contribution in [0, 0.1) is 0 Å². The number of hydrogen-bond acceptors (Lipinski definition) is 6. The molecule has 7 nitrogen and oxygen atoms in total. The molecule has 0 saturated heterocycles. The van der Waals surface area contributed by atoms with Crippen LogP contribution in [0.4, 0.5) is 0 Å². The minimum absolute atomic E-state index is 0.111. The fraction of sp³-hybridized carbons (Fsp3) is 0.231. The van der Waals surface area contributed by atoms with Crippen molar-refractivity contribution in [1.29, 1.82) is 0 Å². The molecule has 0 radical (unpaired) electrons. The summed E-state index contributed by atoms with van der Waals surface area (Å²) in [5.74, 6) is 0.0540. The average Bonchev–Trinajstić information content (AvgIpc) is 2.93. The van der Waals surface area contributed by atoms with Crippen LogP contribution in [0.25, 0.3) is 5.69 Å². The molecule has 1 aromatic heterocycles. The third-order valence-corrected chi connectivity index (χ3v) is 3.64. The van der Waals surface area contributed by atoms with Gasteiger partial charge in [0.2, 0.25) is 11.1 Å². The van der Waals surface area contributed by atoms with Crippen LogP contribution in [0.15, 0.2) is 42.1 Å². The normalized spacial score (nSPS) is 11.9. The van der Waals surface area contributed by atoms with Gasteiger partial charge in [0.05, 0.1) is 10.9 Å². The summed E-state index contributed by atoms with van der Waals surface area (Å²) >= 11 is 1.25. The molecule has 1 unspecified atom stereocenters. The lowest BCUT2D eigenvalue weighted by Crippen LogP contribution is -2.31. The summed E-state index contributed by atoms with van der Waals surface area (Å²) in [7, 11) is 0. The lowest BCUT2D eigenvalue weighted by atomic mass is 10.3. The van der Waals surface area contributed by atoms with E-state index in [-0.39, 0.29) is 16.9 Å². The first kappa shape index (κ1) is 15.0. The van der Waals surface area contributed by atoms with Crippen molar-refractivity contribution in [2.75, 3.05) is 6.54 Å². The maximum Gasteiger partial charge on any atom is 0.233 e. The Hall–Kier alpha value is -2.35. The Morgan fingerprint density at radius 1 is 1.52 bits per heavy atom. The summed E-state index contributed by atoms with van der Waals surface area (Å²) in [4.78, 5) is 11.8. The minimum atomic E-state index is -0.341. The van der Waals surface area contributed by atoms with Crippen LogP contribution >= 0.6 is 11.8 Å². The summed E-state index contributed by atoms with van der Waals surface area (Å²) in [5, 5.41) is 23.6. The highest BCUT2D eigenvalue weighted by Crippen LogP contribution is 2.23. The summed E-state index contributed by atoms with van der Waals surface area (Å²) in [6.07, 6.45) is 1.62. The van der Waals surface area contributed by atoms with Gasteiger partial charge in [-0.1, -0.05) is 17.8 Å². The van der Waals surface area contributed by atoms with E-state index in [9.17, 15) is 9.90 Å². The Labute approximate surface area is 126 Å². The van der Waals surface area contributed by atoms with E-state index in [0.29, 0.717) is 17.4 Å². The second-order valence-corrected chi connectivity index (χ2v) is 5.49. The predicted octanol–water partition coefficient (Wildman–Crippen LogP) is 1.15. The van der Waals surface area contributed by atoms with E-state index in [1.807, 2.05) is 0 Å². The van der Waals surface area contributed by atoms with Crippen LogP contribution in [0.3, 0.4) is 0 Å². The number of aromatic hydroxyl groups is 1. The van der Waals surface area contributed by atoms with Gasteiger partial charge in [0.25, 0.3) is 0 Å². The number of nitrogens with zero attached hydrogens (tertiary/aromatic N) is 4. The molecule has 1 atom stereocenters. The Balaban J connectivity index is 2.11. The van der Waals surface area contributed by atoms with Gasteiger partial charge in [-0.15, -0.1) is 11.7 Å². The van der Waals surface area contributed by atoms with Gasteiger partial charge in [0.1, 0.15) is 5.75 Å². The number of nitrogens with one attached hydrogen (secondary N) is 1. The SMILES string of the molecule is C=CCNC(=O)C(C)Sc1nnnn1-c1ccc(O)cc1. The number of benzene rings is 1. The highest BCUT2D eigenvalue weighted by Gasteiger charge is 2.18. The number of tetrazole rings is 1. The number of phenolic OH excluding ortho intramolecular Hbond substituents is 1. The smallest absolute Gasteiger partial charge is 0.233 e. The van der Waals surface area contributed by atoms with Crippen molar-refractivity contribution < 1.29 is 9.90 Å². The molecule has 1 aromatic carbocycles. The monoisotopic (exact) mass is 305 g/mol. The molecule has 0 spiro atoms. The van der Waals surface area contributed by atoms with Gasteiger partial charge in [-0.25, -0.2) is 0 Å². The fourth-order valence-electron chi connectivity index (χ4n) is 1.54. The summed E-state index contributed by atoms with van der Waals surface area (Å²) < 4.78 is 1.52. The number of amides is 1. The van der Waals surface area contributed by atoms with E-state index in [1.54, 1.807) is 37.3 Å². The molecule has 110 valence electrons. The average molecular weight is 305 g/mol. The van der Waals surface area contributed by atoms with Crippen molar-refractivity contribution in [3.8, 4) is 11.4 Å². The fourth-order valence-corrected chi connectivity index (χ4v) is 2.37. The third-order valence-electron chi connectivity index (χ3n) is 2.61. The zero-order valence-electron chi connectivity index (χ0n) is 11.4. The Morgan fingerprint density at radius 2 is 2.24 bits per heavy atom. The minimum Gasteiger partial charge on any atom is -0.508 e. The third kappa shape index (κ3) is 3.82. The zero-order valence-corrected chi connectivity index (χ0v) is 12.2. The van der Waals surface area contributed by atoms with E-state index < -0.39 is 0 Å². The van der Waals surface area contributed by atoms with Crippen LogP contribution in [-0.4, -0.2) is 43.0 Å². The highest BCUT2D eigenvalue weighted by atomic mass is 32.2. The van der Waals surface area contributed by atoms with E-state index in [4.69, 9.17) is 0 Å². The number of thioether (sulfide) groups is 1. The molecule has 0 bridgehead atoms. The molecule has 2 aromatic rings. The van der Waals surface area contributed by atoms with Gasteiger partial charge in [-0.3, -0.25) is 4.79 Å². The molecule has 2 rings (SSSR count). The van der Waals surface area contributed by atoms with Crippen molar-refractivity contribution in [3.63, 3.8) is 0 Å². The van der Waals surface area contributed by atoms with Gasteiger partial charge in [0, 0.05) is 6.54 Å². The molecule has 0 aliphatic rings.